The summed E-state index contributed by atoms with van der Waals surface area (Å²) in [4.78, 5) is 14.3. The molecule has 2 rings (SSSR count). The number of carbonyl (C=O) groups excluding carboxylic acids is 1. The lowest BCUT2D eigenvalue weighted by atomic mass is 10.1. The highest BCUT2D eigenvalue weighted by Crippen LogP contribution is 2.23. The Morgan fingerprint density at radius 1 is 1.56 bits per heavy atom. The zero-order valence-electron chi connectivity index (χ0n) is 10.4. The highest BCUT2D eigenvalue weighted by molar-refractivity contribution is 9.10. The van der Waals surface area contributed by atoms with Crippen molar-refractivity contribution >= 4 is 34.2 Å². The molecule has 0 spiro atoms. The molecule has 0 saturated carbocycles. The Hall–Kier alpha value is -0.580. The van der Waals surface area contributed by atoms with Crippen molar-refractivity contribution in [3.05, 3.63) is 33.8 Å². The van der Waals surface area contributed by atoms with Crippen LogP contribution in [0.2, 0.25) is 0 Å². The highest BCUT2D eigenvalue weighted by Gasteiger charge is 2.26. The minimum absolute atomic E-state index is 0. The van der Waals surface area contributed by atoms with E-state index in [4.69, 9.17) is 5.73 Å². The van der Waals surface area contributed by atoms with Crippen LogP contribution in [0.5, 0.6) is 0 Å². The van der Waals surface area contributed by atoms with Crippen LogP contribution in [0.3, 0.4) is 0 Å². The zero-order valence-corrected chi connectivity index (χ0v) is 12.8. The molecule has 1 amide bonds. The second-order valence-electron chi connectivity index (χ2n) is 4.55. The molecule has 2 N–H and O–H groups in total. The van der Waals surface area contributed by atoms with Gasteiger partial charge in [0, 0.05) is 23.1 Å². The van der Waals surface area contributed by atoms with E-state index < -0.39 is 0 Å². The molecule has 3 nitrogen and oxygen atoms in total. The summed E-state index contributed by atoms with van der Waals surface area (Å²) < 4.78 is 0.984. The van der Waals surface area contributed by atoms with E-state index in [0.29, 0.717) is 12.5 Å². The van der Waals surface area contributed by atoms with Gasteiger partial charge in [0.2, 0.25) is 0 Å². The van der Waals surface area contributed by atoms with E-state index >= 15 is 0 Å². The number of amides is 1. The van der Waals surface area contributed by atoms with Gasteiger partial charge in [-0.2, -0.15) is 0 Å². The molecule has 1 fully saturated rings. The highest BCUT2D eigenvalue weighted by atomic mass is 79.9. The number of carbonyl (C=O) groups is 1. The predicted octanol–water partition coefficient (Wildman–Crippen LogP) is 2.60. The van der Waals surface area contributed by atoms with E-state index in [-0.39, 0.29) is 18.3 Å². The summed E-state index contributed by atoms with van der Waals surface area (Å²) in [6.45, 7) is 4.25. The first-order valence-corrected chi connectivity index (χ1v) is 6.67. The van der Waals surface area contributed by atoms with E-state index in [1.165, 1.54) is 0 Å². The second-order valence-corrected chi connectivity index (χ2v) is 5.41. The van der Waals surface area contributed by atoms with Gasteiger partial charge in [0.25, 0.3) is 5.91 Å². The van der Waals surface area contributed by atoms with Crippen molar-refractivity contribution in [2.24, 2.45) is 11.7 Å². The maximum Gasteiger partial charge on any atom is 0.254 e. The van der Waals surface area contributed by atoms with E-state index in [2.05, 4.69) is 15.9 Å². The fourth-order valence-electron chi connectivity index (χ4n) is 2.22. The van der Waals surface area contributed by atoms with Crippen LogP contribution in [-0.4, -0.2) is 30.4 Å². The largest absolute Gasteiger partial charge is 0.338 e. The number of hydrogen-bond donors (Lipinski definition) is 1. The van der Waals surface area contributed by atoms with Crippen LogP contribution < -0.4 is 5.73 Å². The second kappa shape index (κ2) is 6.55. The summed E-state index contributed by atoms with van der Waals surface area (Å²) in [6.07, 6.45) is 1.02. The molecule has 18 heavy (non-hydrogen) atoms. The normalized spacial score (nSPS) is 18.6. The number of hydrogen-bond acceptors (Lipinski definition) is 2. The molecule has 1 aromatic carbocycles. The van der Waals surface area contributed by atoms with Gasteiger partial charge in [-0.15, -0.1) is 12.4 Å². The van der Waals surface area contributed by atoms with Gasteiger partial charge in [-0.3, -0.25) is 4.79 Å². The topological polar surface area (TPSA) is 46.3 Å². The van der Waals surface area contributed by atoms with E-state index in [1.807, 2.05) is 30.0 Å². The Balaban J connectivity index is 0.00000162. The Bertz CT molecular complexity index is 439. The van der Waals surface area contributed by atoms with Crippen molar-refractivity contribution in [1.29, 1.82) is 0 Å². The smallest absolute Gasteiger partial charge is 0.254 e. The first-order chi connectivity index (χ1) is 8.13. The van der Waals surface area contributed by atoms with Gasteiger partial charge in [0.15, 0.2) is 0 Å². The summed E-state index contributed by atoms with van der Waals surface area (Å²) in [6, 6.07) is 5.75. The predicted molar refractivity (Wildman–Crippen MR) is 79.2 cm³/mol. The first kappa shape index (κ1) is 15.5. The lowest BCUT2D eigenvalue weighted by molar-refractivity contribution is 0.0787. The van der Waals surface area contributed by atoms with Crippen molar-refractivity contribution in [3.63, 3.8) is 0 Å². The van der Waals surface area contributed by atoms with Crippen LogP contribution in [0.15, 0.2) is 22.7 Å². The third-order valence-electron chi connectivity index (χ3n) is 3.40. The fourth-order valence-corrected chi connectivity index (χ4v) is 2.59. The lowest BCUT2D eigenvalue weighted by Crippen LogP contribution is -2.30. The molecule has 1 aliphatic heterocycles. The summed E-state index contributed by atoms with van der Waals surface area (Å²) >= 11 is 3.46. The van der Waals surface area contributed by atoms with E-state index in [1.54, 1.807) is 0 Å². The number of likely N-dealkylation sites (tertiary alicyclic amines) is 1. The summed E-state index contributed by atoms with van der Waals surface area (Å²) in [5.74, 6) is 0.589. The molecule has 1 unspecified atom stereocenters. The minimum Gasteiger partial charge on any atom is -0.338 e. The van der Waals surface area contributed by atoms with Gasteiger partial charge in [-0.05, 0) is 43.5 Å². The van der Waals surface area contributed by atoms with Gasteiger partial charge >= 0.3 is 0 Å². The molecule has 1 aliphatic rings. The van der Waals surface area contributed by atoms with Crippen molar-refractivity contribution in [2.45, 2.75) is 13.3 Å². The van der Waals surface area contributed by atoms with Crippen LogP contribution in [0, 0.1) is 12.8 Å². The molecule has 0 bridgehead atoms. The van der Waals surface area contributed by atoms with Gasteiger partial charge in [-0.1, -0.05) is 22.0 Å². The SMILES string of the molecule is Cc1c(Br)cccc1C(=O)N1CCC(CN)C1.Cl. The Morgan fingerprint density at radius 2 is 2.28 bits per heavy atom. The van der Waals surface area contributed by atoms with Crippen molar-refractivity contribution in [3.8, 4) is 0 Å². The van der Waals surface area contributed by atoms with Gasteiger partial charge in [0.05, 0.1) is 0 Å². The van der Waals surface area contributed by atoms with Gasteiger partial charge in [0.1, 0.15) is 0 Å². The zero-order chi connectivity index (χ0) is 12.4. The Morgan fingerprint density at radius 3 is 2.89 bits per heavy atom. The number of benzene rings is 1. The molecular formula is C13H18BrClN2O. The molecular weight excluding hydrogens is 316 g/mol. The van der Waals surface area contributed by atoms with Crippen molar-refractivity contribution in [1.82, 2.24) is 4.90 Å². The molecule has 0 aromatic heterocycles. The summed E-state index contributed by atoms with van der Waals surface area (Å²) in [5.41, 5.74) is 7.44. The molecule has 0 radical (unpaired) electrons. The van der Waals surface area contributed by atoms with Gasteiger partial charge < -0.3 is 10.6 Å². The van der Waals surface area contributed by atoms with E-state index in [9.17, 15) is 4.79 Å². The molecule has 0 aliphatic carbocycles. The first-order valence-electron chi connectivity index (χ1n) is 5.88. The number of nitrogens with zero attached hydrogens (tertiary/aromatic N) is 1. The standard InChI is InChI=1S/C13H17BrN2O.ClH/c1-9-11(3-2-4-12(9)14)13(17)16-6-5-10(7-15)8-16;/h2-4,10H,5-8,15H2,1H3;1H. The Labute approximate surface area is 122 Å². The van der Waals surface area contributed by atoms with Crippen LogP contribution in [0.1, 0.15) is 22.3 Å². The molecule has 100 valence electrons. The third kappa shape index (κ3) is 3.05. The van der Waals surface area contributed by atoms with Crippen molar-refractivity contribution in [2.75, 3.05) is 19.6 Å². The number of rotatable bonds is 2. The van der Waals surface area contributed by atoms with Crippen LogP contribution in [0.25, 0.3) is 0 Å². The monoisotopic (exact) mass is 332 g/mol. The molecule has 1 heterocycles. The molecule has 5 heteroatoms. The van der Waals surface area contributed by atoms with E-state index in [0.717, 1.165) is 35.1 Å². The van der Waals surface area contributed by atoms with Gasteiger partial charge in [-0.25, -0.2) is 0 Å². The maximum absolute atomic E-state index is 12.3. The minimum atomic E-state index is 0. The summed E-state index contributed by atoms with van der Waals surface area (Å²) in [5, 5.41) is 0. The quantitative estimate of drug-likeness (QED) is 0.904. The summed E-state index contributed by atoms with van der Waals surface area (Å²) in [7, 11) is 0. The molecule has 1 aromatic rings. The average molecular weight is 334 g/mol. The molecule has 1 atom stereocenters. The van der Waals surface area contributed by atoms with Crippen LogP contribution in [-0.2, 0) is 0 Å². The lowest BCUT2D eigenvalue weighted by Gasteiger charge is -2.18. The number of halogens is 2. The molecule has 1 saturated heterocycles. The van der Waals surface area contributed by atoms with Crippen molar-refractivity contribution < 1.29 is 4.79 Å². The average Bonchev–Trinajstić information content (AvgIpc) is 2.80. The van der Waals surface area contributed by atoms with Crippen LogP contribution in [0.4, 0.5) is 0 Å². The number of nitrogens with two attached hydrogens (primary N) is 1. The van der Waals surface area contributed by atoms with Crippen LogP contribution >= 0.6 is 28.3 Å². The maximum atomic E-state index is 12.3. The third-order valence-corrected chi connectivity index (χ3v) is 4.26. The fraction of sp³-hybridized carbons (Fsp3) is 0.462. The Kier molecular flexibility index (Phi) is 5.63.